The molecule has 0 radical (unpaired) electrons. The third-order valence-corrected chi connectivity index (χ3v) is 3.77. The van der Waals surface area contributed by atoms with Crippen LogP contribution >= 0.6 is 0 Å². The van der Waals surface area contributed by atoms with Gasteiger partial charge in [-0.3, -0.25) is 24.9 Å². The number of aromatic nitrogens is 1. The van der Waals surface area contributed by atoms with Crippen LogP contribution in [0.25, 0.3) is 17.0 Å². The molecule has 1 amide bonds. The minimum atomic E-state index is -0.314. The highest BCUT2D eigenvalue weighted by Crippen LogP contribution is 2.25. The zero-order chi connectivity index (χ0) is 15.9. The van der Waals surface area contributed by atoms with Crippen molar-refractivity contribution in [2.45, 2.75) is 13.3 Å². The molecule has 0 aliphatic carbocycles. The predicted octanol–water partition coefficient (Wildman–Crippen LogP) is 2.03. The number of nitrogens with zero attached hydrogens (tertiary/aromatic N) is 2. The van der Waals surface area contributed by atoms with Gasteiger partial charge in [0.1, 0.15) is 5.70 Å². The standard InChI is InChI=1S/C16H16N4O2/c1-3-14(21)20-9-10(11-6-4-5-7-12(11)20)8-13-15(22)18-16(17)19(13)2/h4-9H,3H2,1-2H3,(H2,17,18,22). The van der Waals surface area contributed by atoms with Gasteiger partial charge in [-0.1, -0.05) is 25.1 Å². The molecule has 22 heavy (non-hydrogen) atoms. The minimum absolute atomic E-state index is 0.00202. The largest absolute Gasteiger partial charge is 0.311 e. The molecule has 1 aromatic heterocycles. The average Bonchev–Trinajstić information content (AvgIpc) is 3.00. The maximum atomic E-state index is 12.1. The van der Waals surface area contributed by atoms with Crippen molar-refractivity contribution in [3.8, 4) is 0 Å². The van der Waals surface area contributed by atoms with Gasteiger partial charge >= 0.3 is 0 Å². The molecule has 3 rings (SSSR count). The number of hydrogen-bond acceptors (Lipinski definition) is 3. The number of fused-ring (bicyclic) bond motifs is 1. The number of hydrogen-bond donors (Lipinski definition) is 2. The molecular weight excluding hydrogens is 280 g/mol. The van der Waals surface area contributed by atoms with Crippen LogP contribution in [-0.4, -0.2) is 34.3 Å². The number of rotatable bonds is 2. The molecule has 112 valence electrons. The lowest BCUT2D eigenvalue weighted by Crippen LogP contribution is -2.25. The van der Waals surface area contributed by atoms with Crippen molar-refractivity contribution in [3.63, 3.8) is 0 Å². The van der Waals surface area contributed by atoms with E-state index in [4.69, 9.17) is 5.41 Å². The number of likely N-dealkylation sites (N-methyl/N-ethyl adjacent to an activating group) is 1. The van der Waals surface area contributed by atoms with Crippen molar-refractivity contribution < 1.29 is 9.59 Å². The summed E-state index contributed by atoms with van der Waals surface area (Å²) in [5.41, 5.74) is 1.98. The van der Waals surface area contributed by atoms with Crippen LogP contribution in [0.2, 0.25) is 0 Å². The Morgan fingerprint density at radius 2 is 2.09 bits per heavy atom. The molecule has 0 saturated carbocycles. The minimum Gasteiger partial charge on any atom is -0.311 e. The molecule has 1 saturated heterocycles. The molecule has 0 spiro atoms. The van der Waals surface area contributed by atoms with Crippen LogP contribution in [0.4, 0.5) is 0 Å². The van der Waals surface area contributed by atoms with Gasteiger partial charge < -0.3 is 4.90 Å². The lowest BCUT2D eigenvalue weighted by Gasteiger charge is -2.08. The van der Waals surface area contributed by atoms with Crippen molar-refractivity contribution in [2.24, 2.45) is 0 Å². The smallest absolute Gasteiger partial charge is 0.274 e. The van der Waals surface area contributed by atoms with Crippen molar-refractivity contribution in [3.05, 3.63) is 41.7 Å². The van der Waals surface area contributed by atoms with Gasteiger partial charge in [-0.25, -0.2) is 0 Å². The highest BCUT2D eigenvalue weighted by atomic mass is 16.2. The van der Waals surface area contributed by atoms with E-state index in [9.17, 15) is 9.59 Å². The number of nitrogens with one attached hydrogen (secondary N) is 2. The van der Waals surface area contributed by atoms with Gasteiger partial charge in [0.15, 0.2) is 0 Å². The van der Waals surface area contributed by atoms with Crippen LogP contribution in [0.5, 0.6) is 0 Å². The van der Waals surface area contributed by atoms with E-state index in [1.807, 2.05) is 31.2 Å². The third-order valence-electron chi connectivity index (χ3n) is 3.77. The fraction of sp³-hybridized carbons (Fsp3) is 0.188. The monoisotopic (exact) mass is 296 g/mol. The van der Waals surface area contributed by atoms with E-state index >= 15 is 0 Å². The van der Waals surface area contributed by atoms with Gasteiger partial charge in [0.2, 0.25) is 11.9 Å². The summed E-state index contributed by atoms with van der Waals surface area (Å²) in [5.74, 6) is -0.270. The van der Waals surface area contributed by atoms with E-state index in [-0.39, 0.29) is 17.8 Å². The maximum Gasteiger partial charge on any atom is 0.274 e. The third kappa shape index (κ3) is 2.09. The molecule has 1 fully saturated rings. The molecule has 2 N–H and O–H groups in total. The van der Waals surface area contributed by atoms with Crippen molar-refractivity contribution in [1.29, 1.82) is 5.41 Å². The van der Waals surface area contributed by atoms with Gasteiger partial charge in [-0.05, 0) is 12.1 Å². The van der Waals surface area contributed by atoms with Crippen LogP contribution in [-0.2, 0) is 4.79 Å². The first-order valence-corrected chi connectivity index (χ1v) is 7.01. The second-order valence-corrected chi connectivity index (χ2v) is 5.11. The van der Waals surface area contributed by atoms with Crippen LogP contribution in [0.15, 0.2) is 36.2 Å². The van der Waals surface area contributed by atoms with Crippen molar-refractivity contribution in [2.75, 3.05) is 7.05 Å². The Morgan fingerprint density at radius 1 is 1.36 bits per heavy atom. The molecule has 2 aromatic rings. The van der Waals surface area contributed by atoms with E-state index in [1.54, 1.807) is 23.9 Å². The number of carbonyl (C=O) groups is 2. The summed E-state index contributed by atoms with van der Waals surface area (Å²) in [4.78, 5) is 25.5. The Balaban J connectivity index is 2.18. The van der Waals surface area contributed by atoms with E-state index in [1.165, 1.54) is 4.90 Å². The SMILES string of the molecule is CCC(=O)n1cc(C=C2C(=O)NC(=N)N2C)c2ccccc21. The Hall–Kier alpha value is -2.89. The first-order valence-electron chi connectivity index (χ1n) is 7.01. The van der Waals surface area contributed by atoms with Crippen molar-refractivity contribution >= 4 is 34.8 Å². The second kappa shape index (κ2) is 5.14. The zero-order valence-electron chi connectivity index (χ0n) is 12.4. The number of benzene rings is 1. The summed E-state index contributed by atoms with van der Waals surface area (Å²) >= 11 is 0. The van der Waals surface area contributed by atoms with Gasteiger partial charge in [0, 0.05) is 30.6 Å². The molecule has 1 aromatic carbocycles. The Labute approximate surface area is 127 Å². The highest BCUT2D eigenvalue weighted by Gasteiger charge is 2.27. The summed E-state index contributed by atoms with van der Waals surface area (Å²) in [5, 5.41) is 11.0. The van der Waals surface area contributed by atoms with Gasteiger partial charge in [0.25, 0.3) is 5.91 Å². The van der Waals surface area contributed by atoms with E-state index in [0.29, 0.717) is 12.1 Å². The van der Waals surface area contributed by atoms with Crippen LogP contribution < -0.4 is 5.32 Å². The molecule has 6 nitrogen and oxygen atoms in total. The second-order valence-electron chi connectivity index (χ2n) is 5.11. The average molecular weight is 296 g/mol. The summed E-state index contributed by atoms with van der Waals surface area (Å²) in [6.45, 7) is 1.81. The molecule has 2 heterocycles. The van der Waals surface area contributed by atoms with Gasteiger partial charge in [-0.15, -0.1) is 0 Å². The zero-order valence-corrected chi connectivity index (χ0v) is 12.4. The fourth-order valence-corrected chi connectivity index (χ4v) is 2.54. The van der Waals surface area contributed by atoms with Crippen LogP contribution in [0.1, 0.15) is 23.7 Å². The Bertz CT molecular complexity index is 832. The highest BCUT2D eigenvalue weighted by molar-refractivity contribution is 6.15. The first-order chi connectivity index (χ1) is 10.5. The van der Waals surface area contributed by atoms with E-state index in [2.05, 4.69) is 5.32 Å². The summed E-state index contributed by atoms with van der Waals surface area (Å²) in [7, 11) is 1.66. The molecule has 6 heteroatoms. The van der Waals surface area contributed by atoms with Gasteiger partial charge in [-0.2, -0.15) is 0 Å². The molecule has 0 atom stereocenters. The first kappa shape index (κ1) is 14.1. The van der Waals surface area contributed by atoms with Crippen LogP contribution in [0, 0.1) is 5.41 Å². The Kier molecular flexibility index (Phi) is 3.29. The summed E-state index contributed by atoms with van der Waals surface area (Å²) in [6, 6.07) is 7.57. The van der Waals surface area contributed by atoms with E-state index in [0.717, 1.165) is 16.5 Å². The normalized spacial score (nSPS) is 16.6. The summed E-state index contributed by atoms with van der Waals surface area (Å²) < 4.78 is 1.61. The Morgan fingerprint density at radius 3 is 2.73 bits per heavy atom. The quantitative estimate of drug-likeness (QED) is 0.832. The molecule has 1 aliphatic rings. The lowest BCUT2D eigenvalue weighted by atomic mass is 10.1. The fourth-order valence-electron chi connectivity index (χ4n) is 2.54. The van der Waals surface area contributed by atoms with Crippen LogP contribution in [0.3, 0.4) is 0 Å². The maximum absolute atomic E-state index is 12.1. The number of amides is 1. The number of guanidine groups is 1. The molecule has 0 bridgehead atoms. The topological polar surface area (TPSA) is 78.2 Å². The van der Waals surface area contributed by atoms with Crippen molar-refractivity contribution in [1.82, 2.24) is 14.8 Å². The molecule has 0 unspecified atom stereocenters. The molecule has 1 aliphatic heterocycles. The summed E-state index contributed by atoms with van der Waals surface area (Å²) in [6.07, 6.45) is 3.85. The van der Waals surface area contributed by atoms with E-state index < -0.39 is 0 Å². The lowest BCUT2D eigenvalue weighted by molar-refractivity contribution is -0.115. The van der Waals surface area contributed by atoms with Gasteiger partial charge in [0.05, 0.1) is 5.52 Å². The number of para-hydroxylation sites is 1. The number of carbonyl (C=O) groups excluding carboxylic acids is 2. The predicted molar refractivity (Wildman–Crippen MR) is 84.5 cm³/mol. The molecular formula is C16H16N4O2.